The van der Waals surface area contributed by atoms with Gasteiger partial charge in [-0.15, -0.1) is 0 Å². The molecule has 0 bridgehead atoms. The number of hydrogen-bond acceptors (Lipinski definition) is 7. The van der Waals surface area contributed by atoms with Crippen LogP contribution in [0.4, 0.5) is 5.69 Å². The normalized spacial score (nSPS) is 13.4. The molecule has 1 aliphatic heterocycles. The van der Waals surface area contributed by atoms with E-state index in [9.17, 15) is 23.3 Å². The molecular weight excluding hydrogens is 458 g/mol. The van der Waals surface area contributed by atoms with Gasteiger partial charge in [-0.25, -0.2) is 12.7 Å². The molecule has 3 rings (SSSR count). The first-order chi connectivity index (χ1) is 16.2. The van der Waals surface area contributed by atoms with Crippen molar-refractivity contribution in [3.05, 3.63) is 69.8 Å². The number of amides is 1. The number of benzene rings is 2. The average Bonchev–Trinajstić information content (AvgIpc) is 3.37. The topological polar surface area (TPSA) is 125 Å². The molecule has 0 radical (unpaired) electrons. The molecule has 0 fully saturated rings. The molecule has 182 valence electrons. The van der Waals surface area contributed by atoms with E-state index in [4.69, 9.17) is 0 Å². The third kappa shape index (κ3) is 6.17. The zero-order valence-electron chi connectivity index (χ0n) is 19.3. The Kier molecular flexibility index (Phi) is 8.35. The number of carbonyl (C=O) groups excluding carboxylic acids is 1. The highest BCUT2D eigenvalue weighted by atomic mass is 32.2. The van der Waals surface area contributed by atoms with Crippen molar-refractivity contribution < 1.29 is 18.1 Å². The number of para-hydroxylation sites is 1. The largest absolute Gasteiger partial charge is 0.368 e. The van der Waals surface area contributed by atoms with Crippen molar-refractivity contribution in [2.75, 3.05) is 40.3 Å². The second-order valence-corrected chi connectivity index (χ2v) is 10.1. The maximum atomic E-state index is 12.7. The van der Waals surface area contributed by atoms with E-state index in [0.29, 0.717) is 19.4 Å². The summed E-state index contributed by atoms with van der Waals surface area (Å²) in [6.45, 7) is 2.27. The van der Waals surface area contributed by atoms with Gasteiger partial charge in [0.2, 0.25) is 15.9 Å². The minimum absolute atomic E-state index is 0.0767. The molecule has 0 spiro atoms. The SMILES string of the molecule is CN(CCc1ccc(C2=NCCN2)cc1)C(=O)CCCN(C)S(=O)(=O)c1ccccc1[N+](=O)[O-]. The fraction of sp³-hybridized carbons (Fsp3) is 0.391. The number of amidine groups is 1. The number of rotatable bonds is 11. The van der Waals surface area contributed by atoms with Gasteiger partial charge in [0.1, 0.15) is 5.84 Å². The van der Waals surface area contributed by atoms with Crippen LogP contribution in [0.5, 0.6) is 0 Å². The van der Waals surface area contributed by atoms with Gasteiger partial charge in [0.05, 0.1) is 11.5 Å². The highest BCUT2D eigenvalue weighted by molar-refractivity contribution is 7.89. The first kappa shape index (κ1) is 25.3. The number of hydrogen-bond donors (Lipinski definition) is 1. The van der Waals surface area contributed by atoms with Crippen LogP contribution in [0.25, 0.3) is 0 Å². The van der Waals surface area contributed by atoms with Crippen molar-refractivity contribution in [3.8, 4) is 0 Å². The second kappa shape index (κ2) is 11.2. The van der Waals surface area contributed by atoms with Crippen molar-refractivity contribution in [1.29, 1.82) is 0 Å². The van der Waals surface area contributed by atoms with Crippen LogP contribution in [0.1, 0.15) is 24.0 Å². The van der Waals surface area contributed by atoms with Crippen molar-refractivity contribution in [2.45, 2.75) is 24.2 Å². The van der Waals surface area contributed by atoms with Crippen LogP contribution in [0.15, 0.2) is 58.4 Å². The molecule has 1 heterocycles. The molecule has 1 N–H and O–H groups in total. The number of nitro groups is 1. The van der Waals surface area contributed by atoms with Gasteiger partial charge in [0.15, 0.2) is 4.90 Å². The Morgan fingerprint density at radius 2 is 1.82 bits per heavy atom. The van der Waals surface area contributed by atoms with Crippen molar-refractivity contribution in [1.82, 2.24) is 14.5 Å². The van der Waals surface area contributed by atoms with Crippen molar-refractivity contribution >= 4 is 27.5 Å². The summed E-state index contributed by atoms with van der Waals surface area (Å²) < 4.78 is 26.5. The summed E-state index contributed by atoms with van der Waals surface area (Å²) in [6, 6.07) is 13.3. The Balaban J connectivity index is 1.46. The van der Waals surface area contributed by atoms with Crippen LogP contribution in [-0.2, 0) is 21.2 Å². The molecule has 10 nitrogen and oxygen atoms in total. The summed E-state index contributed by atoms with van der Waals surface area (Å²) >= 11 is 0. The zero-order valence-corrected chi connectivity index (χ0v) is 20.1. The van der Waals surface area contributed by atoms with E-state index in [1.807, 2.05) is 24.3 Å². The summed E-state index contributed by atoms with van der Waals surface area (Å²) in [7, 11) is -0.953. The Morgan fingerprint density at radius 1 is 1.12 bits per heavy atom. The number of nitrogens with one attached hydrogen (secondary N) is 1. The Hall–Kier alpha value is -3.31. The average molecular weight is 488 g/mol. The molecule has 0 aromatic heterocycles. The van der Waals surface area contributed by atoms with Gasteiger partial charge in [0, 0.05) is 51.8 Å². The van der Waals surface area contributed by atoms with Crippen molar-refractivity contribution in [2.24, 2.45) is 4.99 Å². The monoisotopic (exact) mass is 487 g/mol. The fourth-order valence-electron chi connectivity index (χ4n) is 3.60. The molecule has 1 amide bonds. The maximum absolute atomic E-state index is 12.7. The number of aliphatic imine (C=N–C) groups is 1. The molecule has 2 aromatic rings. The van der Waals surface area contributed by atoms with Gasteiger partial charge in [-0.1, -0.05) is 36.4 Å². The van der Waals surface area contributed by atoms with Gasteiger partial charge in [0.25, 0.3) is 5.69 Å². The van der Waals surface area contributed by atoms with E-state index in [1.165, 1.54) is 25.2 Å². The van der Waals surface area contributed by atoms with Gasteiger partial charge < -0.3 is 10.2 Å². The standard InChI is InChI=1S/C23H29N5O5S/c1-26(17-13-18-9-11-19(12-10-18)23-24-14-15-25-23)22(29)8-5-16-27(2)34(32,33)21-7-4-3-6-20(21)28(30)31/h3-4,6-7,9-12H,5,8,13-17H2,1-2H3,(H,24,25). The number of sulfonamides is 1. The van der Waals surface area contributed by atoms with Gasteiger partial charge >= 0.3 is 0 Å². The molecule has 0 unspecified atom stereocenters. The lowest BCUT2D eigenvalue weighted by atomic mass is 10.1. The van der Waals surface area contributed by atoms with E-state index >= 15 is 0 Å². The van der Waals surface area contributed by atoms with Crippen LogP contribution in [0, 0.1) is 10.1 Å². The van der Waals surface area contributed by atoms with Gasteiger partial charge in [-0.2, -0.15) is 0 Å². The number of likely N-dealkylation sites (N-methyl/N-ethyl adjacent to an activating group) is 1. The van der Waals surface area contributed by atoms with E-state index in [0.717, 1.165) is 40.4 Å². The quantitative estimate of drug-likeness (QED) is 0.382. The van der Waals surface area contributed by atoms with E-state index in [2.05, 4.69) is 10.3 Å². The van der Waals surface area contributed by atoms with Gasteiger partial charge in [-0.05, 0) is 24.5 Å². The van der Waals surface area contributed by atoms with Crippen LogP contribution in [-0.4, -0.2) is 74.6 Å². The van der Waals surface area contributed by atoms with Crippen LogP contribution >= 0.6 is 0 Å². The molecule has 34 heavy (non-hydrogen) atoms. The van der Waals surface area contributed by atoms with Crippen LogP contribution in [0.2, 0.25) is 0 Å². The smallest absolute Gasteiger partial charge is 0.289 e. The van der Waals surface area contributed by atoms with Crippen molar-refractivity contribution in [3.63, 3.8) is 0 Å². The summed E-state index contributed by atoms with van der Waals surface area (Å²) in [5.41, 5.74) is 1.69. The third-order valence-corrected chi connectivity index (χ3v) is 7.58. The molecular formula is C23H29N5O5S. The first-order valence-electron chi connectivity index (χ1n) is 11.0. The summed E-state index contributed by atoms with van der Waals surface area (Å²) in [5.74, 6) is 0.824. The molecule has 2 aromatic carbocycles. The van der Waals surface area contributed by atoms with E-state index in [1.54, 1.807) is 11.9 Å². The van der Waals surface area contributed by atoms with Crippen LogP contribution < -0.4 is 5.32 Å². The maximum Gasteiger partial charge on any atom is 0.289 e. The van der Waals surface area contributed by atoms with E-state index in [-0.39, 0.29) is 23.8 Å². The lowest BCUT2D eigenvalue weighted by Crippen LogP contribution is -2.31. The lowest BCUT2D eigenvalue weighted by molar-refractivity contribution is -0.387. The lowest BCUT2D eigenvalue weighted by Gasteiger charge is -2.19. The van der Waals surface area contributed by atoms with Gasteiger partial charge in [-0.3, -0.25) is 19.9 Å². The summed E-state index contributed by atoms with van der Waals surface area (Å²) in [4.78, 5) is 28.6. The number of nitro benzene ring substituents is 1. The number of carbonyl (C=O) groups is 1. The molecule has 0 atom stereocenters. The highest BCUT2D eigenvalue weighted by Gasteiger charge is 2.28. The molecule has 1 aliphatic rings. The minimum Gasteiger partial charge on any atom is -0.368 e. The van der Waals surface area contributed by atoms with Crippen LogP contribution in [0.3, 0.4) is 0 Å². The Morgan fingerprint density at radius 3 is 2.47 bits per heavy atom. The van der Waals surface area contributed by atoms with E-state index < -0.39 is 20.6 Å². The molecule has 0 saturated carbocycles. The first-order valence-corrected chi connectivity index (χ1v) is 12.5. The molecule has 0 aliphatic carbocycles. The Labute approximate surface area is 199 Å². The second-order valence-electron chi connectivity index (χ2n) is 8.07. The fourth-order valence-corrected chi connectivity index (χ4v) is 4.96. The molecule has 11 heteroatoms. The zero-order chi connectivity index (χ0) is 24.7. The third-order valence-electron chi connectivity index (χ3n) is 5.68. The molecule has 0 saturated heterocycles. The summed E-state index contributed by atoms with van der Waals surface area (Å²) in [5, 5.41) is 14.4. The summed E-state index contributed by atoms with van der Waals surface area (Å²) in [6.07, 6.45) is 1.19. The predicted octanol–water partition coefficient (Wildman–Crippen LogP) is 2.05. The predicted molar refractivity (Wildman–Crippen MR) is 129 cm³/mol. The highest BCUT2D eigenvalue weighted by Crippen LogP contribution is 2.25. The minimum atomic E-state index is -4.04. The Bertz CT molecular complexity index is 1160. The number of nitrogens with zero attached hydrogens (tertiary/aromatic N) is 4.